The fourth-order valence-corrected chi connectivity index (χ4v) is 1.05. The minimum Gasteiger partial charge on any atom is -0.314 e. The standard InChI is InChI=1S/C6H15N3/c1-8(2)9-5-3-7-4-6-9/h7H,3-6H2,1-2H3. The van der Waals surface area contributed by atoms with Crippen LogP contribution in [0.15, 0.2) is 0 Å². The summed E-state index contributed by atoms with van der Waals surface area (Å²) in [5, 5.41) is 7.78. The lowest BCUT2D eigenvalue weighted by atomic mass is 10.4. The summed E-state index contributed by atoms with van der Waals surface area (Å²) in [5.41, 5.74) is 0. The Labute approximate surface area is 56.6 Å². The highest BCUT2D eigenvalue weighted by Gasteiger charge is 2.09. The minimum absolute atomic E-state index is 1.12. The van der Waals surface area contributed by atoms with Crippen molar-refractivity contribution < 1.29 is 0 Å². The van der Waals surface area contributed by atoms with Gasteiger partial charge < -0.3 is 5.32 Å². The molecule has 0 aliphatic carbocycles. The van der Waals surface area contributed by atoms with Crippen molar-refractivity contribution in [2.75, 3.05) is 40.3 Å². The van der Waals surface area contributed by atoms with E-state index in [1.54, 1.807) is 0 Å². The van der Waals surface area contributed by atoms with Crippen molar-refractivity contribution >= 4 is 0 Å². The Morgan fingerprint density at radius 1 is 1.22 bits per heavy atom. The van der Waals surface area contributed by atoms with E-state index in [0.717, 1.165) is 26.2 Å². The maximum Gasteiger partial charge on any atom is 0.0259 e. The topological polar surface area (TPSA) is 18.5 Å². The average molecular weight is 129 g/mol. The molecule has 0 saturated carbocycles. The Balaban J connectivity index is 2.23. The summed E-state index contributed by atoms with van der Waals surface area (Å²) in [6.45, 7) is 4.54. The van der Waals surface area contributed by atoms with Crippen LogP contribution in [0.4, 0.5) is 0 Å². The van der Waals surface area contributed by atoms with Crippen molar-refractivity contribution in [1.29, 1.82) is 0 Å². The lowest BCUT2D eigenvalue weighted by Gasteiger charge is -2.32. The van der Waals surface area contributed by atoms with Crippen LogP contribution in [0.1, 0.15) is 0 Å². The molecule has 1 aliphatic heterocycles. The molecule has 0 spiro atoms. The molecule has 1 saturated heterocycles. The third-order valence-corrected chi connectivity index (χ3v) is 1.66. The summed E-state index contributed by atoms with van der Waals surface area (Å²) in [5.74, 6) is 0. The molecule has 54 valence electrons. The number of rotatable bonds is 1. The molecule has 3 nitrogen and oxygen atoms in total. The molecule has 0 aromatic rings. The highest BCUT2D eigenvalue weighted by Crippen LogP contribution is 1.92. The van der Waals surface area contributed by atoms with Crippen LogP contribution in [0.5, 0.6) is 0 Å². The second-order valence-electron chi connectivity index (χ2n) is 2.55. The summed E-state index contributed by atoms with van der Waals surface area (Å²) < 4.78 is 0. The second-order valence-corrected chi connectivity index (χ2v) is 2.55. The van der Waals surface area contributed by atoms with Gasteiger partial charge in [0, 0.05) is 40.3 Å². The first-order chi connectivity index (χ1) is 4.30. The van der Waals surface area contributed by atoms with Gasteiger partial charge in [-0.05, 0) is 0 Å². The normalized spacial score (nSPS) is 23.0. The number of nitrogens with zero attached hydrogens (tertiary/aromatic N) is 2. The fourth-order valence-electron chi connectivity index (χ4n) is 1.05. The van der Waals surface area contributed by atoms with E-state index in [2.05, 4.69) is 29.4 Å². The van der Waals surface area contributed by atoms with Gasteiger partial charge in [0.1, 0.15) is 0 Å². The smallest absolute Gasteiger partial charge is 0.0259 e. The molecule has 9 heavy (non-hydrogen) atoms. The van der Waals surface area contributed by atoms with Crippen LogP contribution in [0, 0.1) is 0 Å². The van der Waals surface area contributed by atoms with Crippen LogP contribution < -0.4 is 5.32 Å². The molecule has 0 aromatic carbocycles. The van der Waals surface area contributed by atoms with Gasteiger partial charge in [-0.1, -0.05) is 0 Å². The van der Waals surface area contributed by atoms with Crippen LogP contribution in [-0.2, 0) is 0 Å². The number of hydrazine groups is 1. The molecule has 1 rings (SSSR count). The van der Waals surface area contributed by atoms with Crippen molar-refractivity contribution in [3.8, 4) is 0 Å². The van der Waals surface area contributed by atoms with Gasteiger partial charge >= 0.3 is 0 Å². The van der Waals surface area contributed by atoms with E-state index in [0.29, 0.717) is 0 Å². The molecule has 1 N–H and O–H groups in total. The van der Waals surface area contributed by atoms with Crippen molar-refractivity contribution in [2.24, 2.45) is 0 Å². The van der Waals surface area contributed by atoms with Crippen molar-refractivity contribution in [2.45, 2.75) is 0 Å². The second kappa shape index (κ2) is 3.15. The van der Waals surface area contributed by atoms with Crippen LogP contribution in [-0.4, -0.2) is 50.3 Å². The first-order valence-corrected chi connectivity index (χ1v) is 3.43. The molecular weight excluding hydrogens is 114 g/mol. The molecule has 0 unspecified atom stereocenters. The van der Waals surface area contributed by atoms with Crippen LogP contribution in [0.2, 0.25) is 0 Å². The summed E-state index contributed by atoms with van der Waals surface area (Å²) in [4.78, 5) is 0. The van der Waals surface area contributed by atoms with Crippen LogP contribution in [0.3, 0.4) is 0 Å². The van der Waals surface area contributed by atoms with E-state index in [1.165, 1.54) is 0 Å². The van der Waals surface area contributed by atoms with Gasteiger partial charge in [0.2, 0.25) is 0 Å². The highest BCUT2D eigenvalue weighted by molar-refractivity contribution is 4.62. The molecule has 1 aliphatic rings. The molecular formula is C6H15N3. The monoisotopic (exact) mass is 129 g/mol. The molecule has 0 atom stereocenters. The largest absolute Gasteiger partial charge is 0.314 e. The average Bonchev–Trinajstić information content (AvgIpc) is 1.90. The third-order valence-electron chi connectivity index (χ3n) is 1.66. The number of hydrogen-bond donors (Lipinski definition) is 1. The Hall–Kier alpha value is -0.120. The maximum absolute atomic E-state index is 3.30. The lowest BCUT2D eigenvalue weighted by Crippen LogP contribution is -2.49. The molecule has 1 fully saturated rings. The molecule has 0 bridgehead atoms. The van der Waals surface area contributed by atoms with E-state index in [-0.39, 0.29) is 0 Å². The summed E-state index contributed by atoms with van der Waals surface area (Å²) >= 11 is 0. The van der Waals surface area contributed by atoms with E-state index in [1.807, 2.05) is 0 Å². The van der Waals surface area contributed by atoms with E-state index >= 15 is 0 Å². The molecule has 0 aromatic heterocycles. The predicted octanol–water partition coefficient (Wildman–Crippen LogP) is -0.632. The van der Waals surface area contributed by atoms with E-state index < -0.39 is 0 Å². The summed E-state index contributed by atoms with van der Waals surface area (Å²) in [7, 11) is 4.18. The zero-order valence-electron chi connectivity index (χ0n) is 6.22. The Morgan fingerprint density at radius 2 is 1.78 bits per heavy atom. The summed E-state index contributed by atoms with van der Waals surface area (Å²) in [6.07, 6.45) is 0. The highest BCUT2D eigenvalue weighted by atomic mass is 15.6. The molecule has 1 heterocycles. The minimum atomic E-state index is 1.12. The first-order valence-electron chi connectivity index (χ1n) is 3.43. The Bertz CT molecular complexity index is 76.4. The Kier molecular flexibility index (Phi) is 2.45. The van der Waals surface area contributed by atoms with Gasteiger partial charge in [0.15, 0.2) is 0 Å². The van der Waals surface area contributed by atoms with Gasteiger partial charge in [-0.15, -0.1) is 0 Å². The van der Waals surface area contributed by atoms with Crippen molar-refractivity contribution in [3.05, 3.63) is 0 Å². The van der Waals surface area contributed by atoms with Gasteiger partial charge in [0.05, 0.1) is 0 Å². The van der Waals surface area contributed by atoms with Crippen molar-refractivity contribution in [1.82, 2.24) is 15.3 Å². The van der Waals surface area contributed by atoms with E-state index in [9.17, 15) is 0 Å². The lowest BCUT2D eigenvalue weighted by molar-refractivity contribution is 0.0141. The molecule has 0 radical (unpaired) electrons. The number of nitrogens with one attached hydrogen (secondary N) is 1. The van der Waals surface area contributed by atoms with Crippen molar-refractivity contribution in [3.63, 3.8) is 0 Å². The number of hydrogen-bond acceptors (Lipinski definition) is 3. The summed E-state index contributed by atoms with van der Waals surface area (Å²) in [6, 6.07) is 0. The SMILES string of the molecule is CN(C)N1CCNCC1. The fraction of sp³-hybridized carbons (Fsp3) is 1.00. The van der Waals surface area contributed by atoms with Gasteiger partial charge in [-0.25, -0.2) is 10.0 Å². The maximum atomic E-state index is 3.30. The third kappa shape index (κ3) is 1.93. The quantitative estimate of drug-likeness (QED) is 0.508. The number of piperazine rings is 1. The zero-order chi connectivity index (χ0) is 6.69. The van der Waals surface area contributed by atoms with Gasteiger partial charge in [0.25, 0.3) is 0 Å². The first kappa shape index (κ1) is 6.99. The van der Waals surface area contributed by atoms with E-state index in [4.69, 9.17) is 0 Å². The predicted molar refractivity (Wildman–Crippen MR) is 38.1 cm³/mol. The molecule has 0 amide bonds. The van der Waals surface area contributed by atoms with Crippen LogP contribution in [0.25, 0.3) is 0 Å². The van der Waals surface area contributed by atoms with Crippen LogP contribution >= 0.6 is 0 Å². The van der Waals surface area contributed by atoms with Gasteiger partial charge in [-0.3, -0.25) is 0 Å². The molecule has 3 heteroatoms. The van der Waals surface area contributed by atoms with Gasteiger partial charge in [-0.2, -0.15) is 0 Å². The Morgan fingerprint density at radius 3 is 2.11 bits per heavy atom. The zero-order valence-corrected chi connectivity index (χ0v) is 6.22.